The van der Waals surface area contributed by atoms with Gasteiger partial charge in [-0.3, -0.25) is 4.79 Å². The summed E-state index contributed by atoms with van der Waals surface area (Å²) in [7, 11) is -3.58. The third-order valence-electron chi connectivity index (χ3n) is 4.33. The fourth-order valence-corrected chi connectivity index (χ4v) is 4.57. The van der Waals surface area contributed by atoms with Gasteiger partial charge in [0.1, 0.15) is 5.82 Å². The van der Waals surface area contributed by atoms with Crippen molar-refractivity contribution in [2.24, 2.45) is 0 Å². The highest BCUT2D eigenvalue weighted by Gasteiger charge is 2.18. The van der Waals surface area contributed by atoms with Crippen molar-refractivity contribution in [3.8, 4) is 0 Å². The van der Waals surface area contributed by atoms with Crippen molar-refractivity contribution in [3.05, 3.63) is 48.3 Å². The minimum Gasteiger partial charge on any atom is -0.333 e. The summed E-state index contributed by atoms with van der Waals surface area (Å²) in [6, 6.07) is 10.2. The Labute approximate surface area is 178 Å². The maximum Gasteiger partial charge on any atom is 0.240 e. The zero-order valence-corrected chi connectivity index (χ0v) is 18.2. The lowest BCUT2D eigenvalue weighted by molar-refractivity contribution is -0.115. The molecule has 0 unspecified atom stereocenters. The van der Waals surface area contributed by atoms with E-state index in [0.29, 0.717) is 28.4 Å². The number of nitrogens with zero attached hydrogens (tertiary/aromatic N) is 1. The molecule has 1 heterocycles. The number of H-pyrrole nitrogens is 1. The molecular weight excluding hydrogens is 427 g/mol. The number of imidazole rings is 1. The predicted molar refractivity (Wildman–Crippen MR) is 117 cm³/mol. The van der Waals surface area contributed by atoms with Crippen molar-refractivity contribution in [3.63, 3.8) is 0 Å². The number of sulfonamides is 1. The number of thioether (sulfide) groups is 1. The summed E-state index contributed by atoms with van der Waals surface area (Å²) in [6.07, 6.45) is 1.67. The molecule has 0 saturated heterocycles. The number of fused-ring (bicyclic) bond motifs is 1. The van der Waals surface area contributed by atoms with Crippen LogP contribution in [-0.2, 0) is 14.8 Å². The standard InChI is InChI=1S/C20H23FN4O3S2/c1-3-4-11-22-30(27,28)16-9-10-17-18(12-16)25-20(24-17)29-13(2)19(26)23-15-7-5-14(21)6-8-15/h5-10,12-13,22H,3-4,11H2,1-2H3,(H,23,26)(H,24,25)/t13-/m0/s1. The van der Waals surface area contributed by atoms with E-state index in [1.54, 1.807) is 13.0 Å². The summed E-state index contributed by atoms with van der Waals surface area (Å²) < 4.78 is 40.3. The first kappa shape index (κ1) is 22.3. The van der Waals surface area contributed by atoms with Gasteiger partial charge in [0.05, 0.1) is 21.2 Å². The van der Waals surface area contributed by atoms with Crippen molar-refractivity contribution < 1.29 is 17.6 Å². The first-order valence-electron chi connectivity index (χ1n) is 9.51. The summed E-state index contributed by atoms with van der Waals surface area (Å²) in [5.74, 6) is -0.630. The van der Waals surface area contributed by atoms with Gasteiger partial charge in [0.15, 0.2) is 5.16 Å². The number of benzene rings is 2. The van der Waals surface area contributed by atoms with E-state index in [2.05, 4.69) is 20.0 Å². The molecule has 1 atom stereocenters. The van der Waals surface area contributed by atoms with Gasteiger partial charge in [-0.15, -0.1) is 0 Å². The minimum absolute atomic E-state index is 0.161. The Hall–Kier alpha value is -2.43. The lowest BCUT2D eigenvalue weighted by Crippen LogP contribution is -2.24. The van der Waals surface area contributed by atoms with Crippen LogP contribution in [0.4, 0.5) is 10.1 Å². The Morgan fingerprint density at radius 3 is 2.67 bits per heavy atom. The van der Waals surface area contributed by atoms with Crippen LogP contribution < -0.4 is 10.0 Å². The quantitative estimate of drug-likeness (QED) is 0.339. The van der Waals surface area contributed by atoms with E-state index < -0.39 is 15.3 Å². The van der Waals surface area contributed by atoms with Gasteiger partial charge in [0.25, 0.3) is 0 Å². The van der Waals surface area contributed by atoms with E-state index in [0.717, 1.165) is 12.8 Å². The number of aromatic amines is 1. The van der Waals surface area contributed by atoms with Gasteiger partial charge in [0, 0.05) is 12.2 Å². The second-order valence-electron chi connectivity index (χ2n) is 6.73. The predicted octanol–water partition coefficient (Wildman–Crippen LogP) is 3.90. The Bertz CT molecular complexity index is 1130. The molecule has 1 aromatic heterocycles. The maximum atomic E-state index is 13.0. The molecule has 7 nitrogen and oxygen atoms in total. The van der Waals surface area contributed by atoms with Crippen LogP contribution >= 0.6 is 11.8 Å². The number of anilines is 1. The number of carbonyl (C=O) groups excluding carboxylic acids is 1. The fraction of sp³-hybridized carbons (Fsp3) is 0.300. The van der Waals surface area contributed by atoms with Gasteiger partial charge >= 0.3 is 0 Å². The lowest BCUT2D eigenvalue weighted by atomic mass is 10.3. The largest absolute Gasteiger partial charge is 0.333 e. The summed E-state index contributed by atoms with van der Waals surface area (Å²) >= 11 is 1.21. The molecule has 0 bridgehead atoms. The fourth-order valence-electron chi connectivity index (χ4n) is 2.65. The van der Waals surface area contributed by atoms with Gasteiger partial charge < -0.3 is 10.3 Å². The Kier molecular flexibility index (Phi) is 7.11. The van der Waals surface area contributed by atoms with Crippen molar-refractivity contribution in [2.75, 3.05) is 11.9 Å². The van der Waals surface area contributed by atoms with E-state index in [4.69, 9.17) is 0 Å². The van der Waals surface area contributed by atoms with Crippen LogP contribution in [0.2, 0.25) is 0 Å². The maximum absolute atomic E-state index is 13.0. The number of hydrogen-bond donors (Lipinski definition) is 3. The average molecular weight is 451 g/mol. The van der Waals surface area contributed by atoms with Crippen molar-refractivity contribution in [1.82, 2.24) is 14.7 Å². The Morgan fingerprint density at radius 1 is 1.23 bits per heavy atom. The molecule has 10 heteroatoms. The molecule has 3 N–H and O–H groups in total. The monoisotopic (exact) mass is 450 g/mol. The average Bonchev–Trinajstić information content (AvgIpc) is 3.11. The summed E-state index contributed by atoms with van der Waals surface area (Å²) in [4.78, 5) is 20.0. The molecule has 3 rings (SSSR count). The van der Waals surface area contributed by atoms with Crippen LogP contribution in [0.5, 0.6) is 0 Å². The number of aromatic nitrogens is 2. The van der Waals surface area contributed by atoms with Crippen LogP contribution in [0.25, 0.3) is 11.0 Å². The highest BCUT2D eigenvalue weighted by Crippen LogP contribution is 2.26. The van der Waals surface area contributed by atoms with Crippen molar-refractivity contribution in [1.29, 1.82) is 0 Å². The number of amides is 1. The molecule has 3 aromatic rings. The van der Waals surface area contributed by atoms with Crippen molar-refractivity contribution >= 4 is 44.4 Å². The van der Waals surface area contributed by atoms with Gasteiger partial charge in [-0.25, -0.2) is 22.5 Å². The van der Waals surface area contributed by atoms with Gasteiger partial charge in [0.2, 0.25) is 15.9 Å². The SMILES string of the molecule is CCCCNS(=O)(=O)c1ccc2nc(S[C@@H](C)C(=O)Nc3ccc(F)cc3)[nH]c2c1. The summed E-state index contributed by atoms with van der Waals surface area (Å²) in [5.41, 5.74) is 1.68. The molecule has 0 aliphatic heterocycles. The topological polar surface area (TPSA) is 104 Å². The number of rotatable bonds is 9. The molecule has 0 radical (unpaired) electrons. The molecule has 30 heavy (non-hydrogen) atoms. The van der Waals surface area contributed by atoms with Crippen molar-refractivity contribution in [2.45, 2.75) is 42.0 Å². The number of carbonyl (C=O) groups is 1. The third-order valence-corrected chi connectivity index (χ3v) is 6.78. The van der Waals surface area contributed by atoms with Gasteiger partial charge in [-0.1, -0.05) is 25.1 Å². The number of nitrogens with one attached hydrogen (secondary N) is 3. The number of halogens is 1. The smallest absolute Gasteiger partial charge is 0.240 e. The van der Waals surface area contributed by atoms with Crippen LogP contribution in [0.3, 0.4) is 0 Å². The molecule has 0 aliphatic rings. The summed E-state index contributed by atoms with van der Waals surface area (Å²) in [5, 5.41) is 2.74. The van der Waals surface area contributed by atoms with Crippen LogP contribution in [0, 0.1) is 5.82 Å². The molecule has 160 valence electrons. The molecule has 0 fully saturated rings. The van der Waals surface area contributed by atoms with Crippen LogP contribution in [-0.4, -0.2) is 36.1 Å². The second-order valence-corrected chi connectivity index (χ2v) is 9.82. The molecule has 0 aliphatic carbocycles. The molecule has 0 spiro atoms. The first-order chi connectivity index (χ1) is 14.3. The normalized spacial score (nSPS) is 12.8. The minimum atomic E-state index is -3.58. The van der Waals surface area contributed by atoms with E-state index in [9.17, 15) is 17.6 Å². The molecule has 1 amide bonds. The lowest BCUT2D eigenvalue weighted by Gasteiger charge is -2.10. The Balaban J connectivity index is 1.69. The highest BCUT2D eigenvalue weighted by atomic mass is 32.2. The molecule has 0 saturated carbocycles. The Morgan fingerprint density at radius 2 is 1.97 bits per heavy atom. The van der Waals surface area contributed by atoms with E-state index in [1.807, 2.05) is 6.92 Å². The second kappa shape index (κ2) is 9.59. The van der Waals surface area contributed by atoms with Crippen LogP contribution in [0.15, 0.2) is 52.5 Å². The molecule has 2 aromatic carbocycles. The van der Waals surface area contributed by atoms with Crippen LogP contribution in [0.1, 0.15) is 26.7 Å². The highest BCUT2D eigenvalue weighted by molar-refractivity contribution is 8.00. The molecular formula is C20H23FN4O3S2. The number of hydrogen-bond acceptors (Lipinski definition) is 5. The first-order valence-corrected chi connectivity index (χ1v) is 11.9. The van der Waals surface area contributed by atoms with E-state index in [-0.39, 0.29) is 16.6 Å². The zero-order valence-electron chi connectivity index (χ0n) is 16.6. The third kappa shape index (κ3) is 5.59. The number of unbranched alkanes of at least 4 members (excludes halogenated alkanes) is 1. The van der Waals surface area contributed by atoms with E-state index >= 15 is 0 Å². The van der Waals surface area contributed by atoms with Gasteiger partial charge in [-0.2, -0.15) is 0 Å². The summed E-state index contributed by atoms with van der Waals surface area (Å²) in [6.45, 7) is 4.11. The van der Waals surface area contributed by atoms with E-state index in [1.165, 1.54) is 48.2 Å². The zero-order chi connectivity index (χ0) is 21.7. The van der Waals surface area contributed by atoms with Gasteiger partial charge in [-0.05, 0) is 55.8 Å².